The summed E-state index contributed by atoms with van der Waals surface area (Å²) in [4.78, 5) is 44.6. The number of rotatable bonds is 6. The molecule has 1 saturated heterocycles. The normalized spacial score (nSPS) is 17.3. The third-order valence-electron chi connectivity index (χ3n) is 5.82. The maximum absolute atomic E-state index is 13.2. The Hall–Kier alpha value is -3.78. The van der Waals surface area contributed by atoms with Crippen molar-refractivity contribution in [3.8, 4) is 5.75 Å². The van der Waals surface area contributed by atoms with Crippen LogP contribution in [-0.2, 0) is 16.0 Å². The largest absolute Gasteiger partial charge is 0.507 e. The SMILES string of the molecule is CCc1ccc(C2C(=C(O)c3ccc(OC)cc3)C(=O)C(=O)N2c2nc(C)c(C(C)=O)s2)cc1. The third kappa shape index (κ3) is 4.01. The average Bonchev–Trinajstić information content (AvgIpc) is 3.35. The molecule has 0 bridgehead atoms. The van der Waals surface area contributed by atoms with Crippen molar-refractivity contribution in [1.29, 1.82) is 0 Å². The Balaban J connectivity index is 1.92. The van der Waals surface area contributed by atoms with Crippen molar-refractivity contribution >= 4 is 39.7 Å². The van der Waals surface area contributed by atoms with E-state index >= 15 is 0 Å². The van der Waals surface area contributed by atoms with Crippen LogP contribution in [0.1, 0.15) is 51.9 Å². The van der Waals surface area contributed by atoms with Gasteiger partial charge in [-0.2, -0.15) is 0 Å². The van der Waals surface area contributed by atoms with Crippen LogP contribution in [0.15, 0.2) is 54.1 Å². The third-order valence-corrected chi connectivity index (χ3v) is 7.08. The summed E-state index contributed by atoms with van der Waals surface area (Å²) < 4.78 is 5.17. The predicted octanol–water partition coefficient (Wildman–Crippen LogP) is 4.85. The molecular formula is C26H24N2O5S. The Morgan fingerprint density at radius 3 is 2.29 bits per heavy atom. The van der Waals surface area contributed by atoms with Gasteiger partial charge in [-0.3, -0.25) is 19.3 Å². The van der Waals surface area contributed by atoms with E-state index in [9.17, 15) is 19.5 Å². The number of amides is 1. The molecule has 1 N–H and O–H groups in total. The molecular weight excluding hydrogens is 452 g/mol. The molecule has 7 nitrogen and oxygen atoms in total. The molecule has 2 aromatic carbocycles. The number of nitrogens with zero attached hydrogens (tertiary/aromatic N) is 2. The molecule has 4 rings (SSSR count). The molecule has 0 aliphatic carbocycles. The number of aliphatic hydroxyl groups is 1. The van der Waals surface area contributed by atoms with Crippen molar-refractivity contribution in [3.05, 3.63) is 81.4 Å². The van der Waals surface area contributed by atoms with Gasteiger partial charge in [-0.25, -0.2) is 4.98 Å². The van der Waals surface area contributed by atoms with Crippen LogP contribution in [-0.4, -0.2) is 34.7 Å². The summed E-state index contributed by atoms with van der Waals surface area (Å²) in [5.74, 6) is -1.47. The van der Waals surface area contributed by atoms with Crippen molar-refractivity contribution in [2.24, 2.45) is 0 Å². The number of aromatic nitrogens is 1. The zero-order valence-corrected chi connectivity index (χ0v) is 20.1. The van der Waals surface area contributed by atoms with Crippen LogP contribution < -0.4 is 9.64 Å². The van der Waals surface area contributed by atoms with E-state index in [0.717, 1.165) is 23.3 Å². The molecule has 8 heteroatoms. The number of benzene rings is 2. The minimum absolute atomic E-state index is 0.0309. The van der Waals surface area contributed by atoms with Crippen molar-refractivity contribution in [2.75, 3.05) is 12.0 Å². The predicted molar refractivity (Wildman–Crippen MR) is 130 cm³/mol. The van der Waals surface area contributed by atoms with Crippen LogP contribution in [0.25, 0.3) is 5.76 Å². The summed E-state index contributed by atoms with van der Waals surface area (Å²) in [5, 5.41) is 11.4. The van der Waals surface area contributed by atoms with Crippen LogP contribution in [0.3, 0.4) is 0 Å². The molecule has 174 valence electrons. The maximum Gasteiger partial charge on any atom is 0.301 e. The average molecular weight is 477 g/mol. The lowest BCUT2D eigenvalue weighted by Crippen LogP contribution is -2.29. The van der Waals surface area contributed by atoms with Gasteiger partial charge in [0.2, 0.25) is 0 Å². The van der Waals surface area contributed by atoms with Gasteiger partial charge in [0.25, 0.3) is 5.78 Å². The number of hydrogen-bond acceptors (Lipinski definition) is 7. The highest BCUT2D eigenvalue weighted by Crippen LogP contribution is 2.44. The summed E-state index contributed by atoms with van der Waals surface area (Å²) in [6, 6.07) is 13.2. The topological polar surface area (TPSA) is 96.8 Å². The Bertz CT molecular complexity index is 1310. The first-order chi connectivity index (χ1) is 16.3. The quantitative estimate of drug-likeness (QED) is 0.236. The second-order valence-electron chi connectivity index (χ2n) is 7.96. The first-order valence-electron chi connectivity index (χ1n) is 10.8. The van der Waals surface area contributed by atoms with E-state index in [2.05, 4.69) is 4.98 Å². The minimum atomic E-state index is -0.890. The first kappa shape index (κ1) is 23.4. The Morgan fingerprint density at radius 1 is 1.12 bits per heavy atom. The van der Waals surface area contributed by atoms with Crippen LogP contribution >= 0.6 is 11.3 Å². The lowest BCUT2D eigenvalue weighted by Gasteiger charge is -2.23. The number of ether oxygens (including phenoxy) is 1. The number of Topliss-reactive ketones (excluding diaryl/α,β-unsaturated/α-hetero) is 2. The number of carbonyl (C=O) groups excluding carboxylic acids is 3. The van der Waals surface area contributed by atoms with Gasteiger partial charge in [-0.1, -0.05) is 42.5 Å². The lowest BCUT2D eigenvalue weighted by atomic mass is 9.94. The van der Waals surface area contributed by atoms with E-state index in [1.54, 1.807) is 31.2 Å². The summed E-state index contributed by atoms with van der Waals surface area (Å²) in [6.07, 6.45) is 0.833. The molecule has 0 spiro atoms. The summed E-state index contributed by atoms with van der Waals surface area (Å²) >= 11 is 1.06. The summed E-state index contributed by atoms with van der Waals surface area (Å²) in [5.41, 5.74) is 2.60. The standard InChI is InChI=1S/C26H24N2O5S/c1-5-16-6-8-17(9-7-16)21-20(22(30)18-10-12-19(33-4)13-11-18)23(31)25(32)28(21)26-27-14(2)24(34-26)15(3)29/h6-13,21,30H,5H2,1-4H3. The summed E-state index contributed by atoms with van der Waals surface area (Å²) in [7, 11) is 1.53. The molecule has 34 heavy (non-hydrogen) atoms. The van der Waals surface area contributed by atoms with Gasteiger partial charge in [0.05, 0.1) is 29.3 Å². The highest BCUT2D eigenvalue weighted by molar-refractivity contribution is 7.18. The van der Waals surface area contributed by atoms with Crippen LogP contribution in [0.5, 0.6) is 5.75 Å². The van der Waals surface area contributed by atoms with Crippen LogP contribution in [0.2, 0.25) is 0 Å². The molecule has 1 atom stereocenters. The lowest BCUT2D eigenvalue weighted by molar-refractivity contribution is -0.132. The zero-order valence-electron chi connectivity index (χ0n) is 19.3. The number of methoxy groups -OCH3 is 1. The molecule has 1 amide bonds. The molecule has 0 saturated carbocycles. The minimum Gasteiger partial charge on any atom is -0.507 e. The van der Waals surface area contributed by atoms with Crippen LogP contribution in [0, 0.1) is 6.92 Å². The van der Waals surface area contributed by atoms with Gasteiger partial charge in [0.15, 0.2) is 10.9 Å². The number of aryl methyl sites for hydroxylation is 2. The van der Waals surface area contributed by atoms with Crippen LogP contribution in [0.4, 0.5) is 5.13 Å². The fourth-order valence-corrected chi connectivity index (χ4v) is 4.99. The van der Waals surface area contributed by atoms with Gasteiger partial charge >= 0.3 is 5.91 Å². The number of anilines is 1. The number of thiazole rings is 1. The number of aliphatic hydroxyl groups excluding tert-OH is 1. The highest BCUT2D eigenvalue weighted by atomic mass is 32.1. The fourth-order valence-electron chi connectivity index (χ4n) is 4.00. The van der Waals surface area contributed by atoms with E-state index < -0.39 is 17.7 Å². The van der Waals surface area contributed by atoms with Gasteiger partial charge in [0.1, 0.15) is 11.5 Å². The van der Waals surface area contributed by atoms with E-state index in [-0.39, 0.29) is 22.2 Å². The maximum atomic E-state index is 13.2. The molecule has 1 aliphatic heterocycles. The zero-order chi connectivity index (χ0) is 24.6. The van der Waals surface area contributed by atoms with E-state index in [0.29, 0.717) is 27.4 Å². The smallest absolute Gasteiger partial charge is 0.301 e. The molecule has 3 aromatic rings. The number of ketones is 2. The van der Waals surface area contributed by atoms with Gasteiger partial charge in [-0.05, 0) is 48.7 Å². The van der Waals surface area contributed by atoms with Crippen molar-refractivity contribution in [1.82, 2.24) is 4.98 Å². The van der Waals surface area contributed by atoms with Gasteiger partial charge in [-0.15, -0.1) is 0 Å². The van der Waals surface area contributed by atoms with Crippen molar-refractivity contribution in [3.63, 3.8) is 0 Å². The molecule has 2 heterocycles. The molecule has 1 fully saturated rings. The fraction of sp³-hybridized carbons (Fsp3) is 0.231. The first-order valence-corrected chi connectivity index (χ1v) is 11.6. The second kappa shape index (κ2) is 9.23. The Kier molecular flexibility index (Phi) is 6.34. The Labute approximate surface area is 201 Å². The molecule has 1 aromatic heterocycles. The monoisotopic (exact) mass is 476 g/mol. The second-order valence-corrected chi connectivity index (χ2v) is 8.94. The van der Waals surface area contributed by atoms with Gasteiger partial charge < -0.3 is 9.84 Å². The van der Waals surface area contributed by atoms with E-state index in [1.165, 1.54) is 18.9 Å². The van der Waals surface area contributed by atoms with E-state index in [4.69, 9.17) is 4.74 Å². The van der Waals surface area contributed by atoms with Crippen molar-refractivity contribution in [2.45, 2.75) is 33.2 Å². The molecule has 1 unspecified atom stereocenters. The Morgan fingerprint density at radius 2 is 1.76 bits per heavy atom. The number of carbonyl (C=O) groups is 3. The van der Waals surface area contributed by atoms with Crippen molar-refractivity contribution < 1.29 is 24.2 Å². The van der Waals surface area contributed by atoms with Gasteiger partial charge in [0, 0.05) is 12.5 Å². The molecule has 1 aliphatic rings. The number of hydrogen-bond donors (Lipinski definition) is 1. The van der Waals surface area contributed by atoms with E-state index in [1.807, 2.05) is 31.2 Å². The summed E-state index contributed by atoms with van der Waals surface area (Å²) in [6.45, 7) is 5.16. The highest BCUT2D eigenvalue weighted by Gasteiger charge is 2.48. The molecule has 0 radical (unpaired) electrons.